The van der Waals surface area contributed by atoms with Gasteiger partial charge in [0.05, 0.1) is 18.8 Å². The summed E-state index contributed by atoms with van der Waals surface area (Å²) < 4.78 is 11.1. The SMILES string of the molecule is O=C(O)C1=CC=CC2=C3CCOC3COC12. The van der Waals surface area contributed by atoms with Crippen molar-refractivity contribution in [1.29, 1.82) is 0 Å². The molecular weight excluding hydrogens is 208 g/mol. The summed E-state index contributed by atoms with van der Waals surface area (Å²) in [4.78, 5) is 11.1. The van der Waals surface area contributed by atoms with E-state index < -0.39 is 12.1 Å². The van der Waals surface area contributed by atoms with Gasteiger partial charge in [0.1, 0.15) is 12.2 Å². The summed E-state index contributed by atoms with van der Waals surface area (Å²) in [6.07, 6.45) is 5.82. The first-order chi connectivity index (χ1) is 7.77. The van der Waals surface area contributed by atoms with Gasteiger partial charge in [-0.2, -0.15) is 0 Å². The van der Waals surface area contributed by atoms with E-state index in [0.29, 0.717) is 18.8 Å². The first-order valence-electron chi connectivity index (χ1n) is 5.35. The standard InChI is InChI=1S/C12H12O4/c13-12(14)9-3-1-2-8-7-4-5-15-10(7)6-16-11(8)9/h1-3,10-11H,4-6H2,(H,13,14). The highest BCUT2D eigenvalue weighted by molar-refractivity contribution is 5.90. The third-order valence-electron chi connectivity index (χ3n) is 3.23. The van der Waals surface area contributed by atoms with Crippen molar-refractivity contribution in [2.75, 3.05) is 13.2 Å². The van der Waals surface area contributed by atoms with Crippen molar-refractivity contribution in [3.05, 3.63) is 34.9 Å². The molecule has 0 saturated carbocycles. The van der Waals surface area contributed by atoms with Gasteiger partial charge in [0.15, 0.2) is 0 Å². The molecule has 2 unspecified atom stereocenters. The smallest absolute Gasteiger partial charge is 0.334 e. The van der Waals surface area contributed by atoms with E-state index in [9.17, 15) is 4.79 Å². The summed E-state index contributed by atoms with van der Waals surface area (Å²) in [5, 5.41) is 9.08. The molecule has 0 amide bonds. The average Bonchev–Trinajstić information content (AvgIpc) is 2.76. The molecular formula is C12H12O4. The molecule has 2 heterocycles. The molecule has 1 aliphatic carbocycles. The summed E-state index contributed by atoms with van der Waals surface area (Å²) in [5.41, 5.74) is 2.50. The predicted molar refractivity (Wildman–Crippen MR) is 56.0 cm³/mol. The average molecular weight is 220 g/mol. The first-order valence-corrected chi connectivity index (χ1v) is 5.35. The zero-order valence-corrected chi connectivity index (χ0v) is 8.68. The van der Waals surface area contributed by atoms with Crippen LogP contribution in [-0.2, 0) is 14.3 Å². The third kappa shape index (κ3) is 1.34. The van der Waals surface area contributed by atoms with Crippen LogP contribution in [0.3, 0.4) is 0 Å². The molecule has 0 aromatic carbocycles. The highest BCUT2D eigenvalue weighted by Gasteiger charge is 2.37. The number of fused-ring (bicyclic) bond motifs is 2. The van der Waals surface area contributed by atoms with Gasteiger partial charge in [-0.3, -0.25) is 0 Å². The highest BCUT2D eigenvalue weighted by Crippen LogP contribution is 2.35. The van der Waals surface area contributed by atoms with Crippen molar-refractivity contribution in [2.24, 2.45) is 0 Å². The summed E-state index contributed by atoms with van der Waals surface area (Å²) >= 11 is 0. The van der Waals surface area contributed by atoms with E-state index in [2.05, 4.69) is 0 Å². The Morgan fingerprint density at radius 2 is 2.31 bits per heavy atom. The van der Waals surface area contributed by atoms with Crippen LogP contribution >= 0.6 is 0 Å². The molecule has 4 heteroatoms. The zero-order chi connectivity index (χ0) is 11.1. The molecule has 1 saturated heterocycles. The fourth-order valence-corrected chi connectivity index (χ4v) is 2.47. The molecule has 16 heavy (non-hydrogen) atoms. The molecule has 4 nitrogen and oxygen atoms in total. The van der Waals surface area contributed by atoms with Crippen LogP contribution in [0.15, 0.2) is 34.9 Å². The van der Waals surface area contributed by atoms with E-state index >= 15 is 0 Å². The van der Waals surface area contributed by atoms with Crippen molar-refractivity contribution in [3.8, 4) is 0 Å². The van der Waals surface area contributed by atoms with E-state index in [-0.39, 0.29) is 6.10 Å². The molecule has 84 valence electrons. The molecule has 0 bridgehead atoms. The normalized spacial score (nSPS) is 32.1. The summed E-state index contributed by atoms with van der Waals surface area (Å²) in [5.74, 6) is -0.912. The minimum atomic E-state index is -0.912. The highest BCUT2D eigenvalue weighted by atomic mass is 16.5. The van der Waals surface area contributed by atoms with Crippen molar-refractivity contribution < 1.29 is 19.4 Å². The minimum absolute atomic E-state index is 0.0315. The number of carboxylic acids is 1. The van der Waals surface area contributed by atoms with E-state index in [0.717, 1.165) is 12.0 Å². The second-order valence-corrected chi connectivity index (χ2v) is 4.09. The van der Waals surface area contributed by atoms with Gasteiger partial charge < -0.3 is 14.6 Å². The number of hydrogen-bond acceptors (Lipinski definition) is 3. The van der Waals surface area contributed by atoms with E-state index in [1.165, 1.54) is 5.57 Å². The molecule has 3 aliphatic rings. The minimum Gasteiger partial charge on any atom is -0.478 e. The maximum atomic E-state index is 11.1. The molecule has 2 atom stereocenters. The maximum absolute atomic E-state index is 11.1. The van der Waals surface area contributed by atoms with E-state index in [1.807, 2.05) is 6.08 Å². The molecule has 0 spiro atoms. The summed E-state index contributed by atoms with van der Waals surface area (Å²) in [6, 6.07) is 0. The fourth-order valence-electron chi connectivity index (χ4n) is 2.47. The van der Waals surface area contributed by atoms with Crippen LogP contribution in [0.1, 0.15) is 6.42 Å². The lowest BCUT2D eigenvalue weighted by Crippen LogP contribution is -2.35. The van der Waals surface area contributed by atoms with Gasteiger partial charge >= 0.3 is 5.97 Å². The van der Waals surface area contributed by atoms with Crippen LogP contribution in [0.25, 0.3) is 0 Å². The summed E-state index contributed by atoms with van der Waals surface area (Å²) in [7, 11) is 0. The number of aliphatic carboxylic acids is 1. The number of rotatable bonds is 1. The monoisotopic (exact) mass is 220 g/mol. The number of carbonyl (C=O) groups is 1. The van der Waals surface area contributed by atoms with Gasteiger partial charge in [0.25, 0.3) is 0 Å². The van der Waals surface area contributed by atoms with Gasteiger partial charge in [-0.1, -0.05) is 12.2 Å². The van der Waals surface area contributed by atoms with E-state index in [1.54, 1.807) is 12.2 Å². The second-order valence-electron chi connectivity index (χ2n) is 4.09. The van der Waals surface area contributed by atoms with Crippen molar-refractivity contribution in [2.45, 2.75) is 18.6 Å². The fraction of sp³-hybridized carbons (Fsp3) is 0.417. The Morgan fingerprint density at radius 1 is 1.44 bits per heavy atom. The Balaban J connectivity index is 2.04. The molecule has 1 N–H and O–H groups in total. The zero-order valence-electron chi connectivity index (χ0n) is 8.68. The second kappa shape index (κ2) is 3.57. The van der Waals surface area contributed by atoms with Crippen LogP contribution in [0.5, 0.6) is 0 Å². The lowest BCUT2D eigenvalue weighted by Gasteiger charge is -2.31. The number of ether oxygens (including phenoxy) is 2. The third-order valence-corrected chi connectivity index (χ3v) is 3.23. The van der Waals surface area contributed by atoms with Crippen LogP contribution in [0.4, 0.5) is 0 Å². The topological polar surface area (TPSA) is 55.8 Å². The van der Waals surface area contributed by atoms with Gasteiger partial charge in [0.2, 0.25) is 0 Å². The Labute approximate surface area is 92.9 Å². The van der Waals surface area contributed by atoms with Crippen molar-refractivity contribution in [1.82, 2.24) is 0 Å². The van der Waals surface area contributed by atoms with Crippen LogP contribution in [-0.4, -0.2) is 36.5 Å². The van der Waals surface area contributed by atoms with Gasteiger partial charge in [-0.15, -0.1) is 0 Å². The molecule has 1 fully saturated rings. The van der Waals surface area contributed by atoms with Crippen LogP contribution < -0.4 is 0 Å². The first kappa shape index (κ1) is 9.81. The van der Waals surface area contributed by atoms with Gasteiger partial charge in [0, 0.05) is 0 Å². The molecule has 3 rings (SSSR count). The Morgan fingerprint density at radius 3 is 3.12 bits per heavy atom. The Bertz CT molecular complexity index is 430. The molecule has 0 radical (unpaired) electrons. The number of carboxylic acid groups (broad SMARTS) is 1. The van der Waals surface area contributed by atoms with Gasteiger partial charge in [-0.25, -0.2) is 4.79 Å². The van der Waals surface area contributed by atoms with Crippen molar-refractivity contribution >= 4 is 5.97 Å². The largest absolute Gasteiger partial charge is 0.478 e. The van der Waals surface area contributed by atoms with Crippen LogP contribution in [0.2, 0.25) is 0 Å². The van der Waals surface area contributed by atoms with E-state index in [4.69, 9.17) is 14.6 Å². The van der Waals surface area contributed by atoms with Crippen molar-refractivity contribution in [3.63, 3.8) is 0 Å². The molecule has 0 aromatic rings. The Hall–Kier alpha value is -1.39. The molecule has 0 aromatic heterocycles. The number of allylic oxidation sites excluding steroid dienone is 2. The lowest BCUT2D eigenvalue weighted by atomic mass is 9.88. The predicted octanol–water partition coefficient (Wildman–Crippen LogP) is 1.05. The molecule has 2 aliphatic heterocycles. The Kier molecular flexibility index (Phi) is 2.19. The maximum Gasteiger partial charge on any atom is 0.334 e. The number of hydrogen-bond donors (Lipinski definition) is 1. The summed E-state index contributed by atoms with van der Waals surface area (Å²) in [6.45, 7) is 1.17. The quantitative estimate of drug-likeness (QED) is 0.717. The van der Waals surface area contributed by atoms with Gasteiger partial charge in [-0.05, 0) is 23.6 Å². The lowest BCUT2D eigenvalue weighted by molar-refractivity contribution is -0.134. The van der Waals surface area contributed by atoms with Crippen LogP contribution in [0, 0.1) is 0 Å².